The molecule has 0 fully saturated rings. The second-order valence-corrected chi connectivity index (χ2v) is 6.81. The second-order valence-electron chi connectivity index (χ2n) is 2.81. The molecule has 0 aliphatic rings. The SMILES string of the molecule is FC(F)(F)C(F)(F)[I+]c1ccccc1.O=S(=O)([O-])O. The molecule has 4 nitrogen and oxygen atoms in total. The van der Waals surface area contributed by atoms with E-state index >= 15 is 0 Å². The summed E-state index contributed by atoms with van der Waals surface area (Å²) in [7, 11) is -4.92. The van der Waals surface area contributed by atoms with Crippen LogP contribution in [0.5, 0.6) is 0 Å². The van der Waals surface area contributed by atoms with Gasteiger partial charge in [0.1, 0.15) is 0 Å². The first-order chi connectivity index (χ1) is 8.33. The zero-order valence-corrected chi connectivity index (χ0v) is 11.7. The lowest BCUT2D eigenvalue weighted by atomic mass is 10.4. The summed E-state index contributed by atoms with van der Waals surface area (Å²) in [5, 5.41) is 0. The maximum atomic E-state index is 12.5. The summed E-state index contributed by atoms with van der Waals surface area (Å²) in [6.45, 7) is 0. The molecular weight excluding hydrogens is 414 g/mol. The minimum atomic E-state index is -5.43. The molecule has 110 valence electrons. The summed E-state index contributed by atoms with van der Waals surface area (Å²) in [4.78, 5) is 0. The minimum absolute atomic E-state index is 0.0774. The third-order valence-electron chi connectivity index (χ3n) is 1.28. The molecule has 0 saturated heterocycles. The fourth-order valence-electron chi connectivity index (χ4n) is 0.668. The molecule has 0 aliphatic heterocycles. The van der Waals surface area contributed by atoms with Crippen molar-refractivity contribution in [1.82, 2.24) is 0 Å². The lowest BCUT2D eigenvalue weighted by Gasteiger charge is -2.07. The molecule has 0 amide bonds. The van der Waals surface area contributed by atoms with Gasteiger partial charge in [-0.3, -0.25) is 4.55 Å². The Balaban J connectivity index is 0.000000555. The average molecular weight is 420 g/mol. The van der Waals surface area contributed by atoms with Gasteiger partial charge in [0, 0.05) is 0 Å². The van der Waals surface area contributed by atoms with Crippen molar-refractivity contribution in [3.63, 3.8) is 0 Å². The van der Waals surface area contributed by atoms with Gasteiger partial charge in [-0.05, 0) is 12.1 Å². The van der Waals surface area contributed by atoms with Crippen LogP contribution < -0.4 is 21.2 Å². The van der Waals surface area contributed by atoms with Gasteiger partial charge in [-0.15, -0.1) is 8.78 Å². The van der Waals surface area contributed by atoms with Crippen LogP contribution in [0.1, 0.15) is 0 Å². The molecule has 0 bridgehead atoms. The van der Waals surface area contributed by atoms with Crippen LogP contribution in [0.15, 0.2) is 30.3 Å². The highest BCUT2D eigenvalue weighted by Crippen LogP contribution is 2.27. The summed E-state index contributed by atoms with van der Waals surface area (Å²) in [5.41, 5.74) is 0. The highest BCUT2D eigenvalue weighted by Gasteiger charge is 2.70. The van der Waals surface area contributed by atoms with Crippen molar-refractivity contribution in [2.24, 2.45) is 0 Å². The maximum absolute atomic E-state index is 12.5. The van der Waals surface area contributed by atoms with E-state index in [1.165, 1.54) is 24.3 Å². The first-order valence-corrected chi connectivity index (χ1v) is 7.69. The lowest BCUT2D eigenvalue weighted by Crippen LogP contribution is -3.68. The van der Waals surface area contributed by atoms with Crippen molar-refractivity contribution in [3.8, 4) is 0 Å². The monoisotopic (exact) mass is 420 g/mol. The predicted molar refractivity (Wildman–Crippen MR) is 48.5 cm³/mol. The van der Waals surface area contributed by atoms with E-state index in [-0.39, 0.29) is 3.57 Å². The molecule has 19 heavy (non-hydrogen) atoms. The standard InChI is InChI=1S/C8H5F5I.H2O4S/c9-7(10,11)8(12,13)14-6-4-2-1-3-5-6;1-5(2,3)4/h1-5H;(H2,1,2,3,4)/q+1;/p-1. The van der Waals surface area contributed by atoms with Gasteiger partial charge in [0.15, 0.2) is 3.57 Å². The molecule has 0 radical (unpaired) electrons. The highest BCUT2D eigenvalue weighted by atomic mass is 127. The number of hydrogen-bond acceptors (Lipinski definition) is 3. The van der Waals surface area contributed by atoms with Crippen LogP contribution in [0.4, 0.5) is 22.0 Å². The van der Waals surface area contributed by atoms with Crippen molar-refractivity contribution < 1.29 is 60.7 Å². The fraction of sp³-hybridized carbons (Fsp3) is 0.250. The van der Waals surface area contributed by atoms with Crippen LogP contribution >= 0.6 is 0 Å². The van der Waals surface area contributed by atoms with E-state index in [0.717, 1.165) is 0 Å². The smallest absolute Gasteiger partial charge is 0.543 e. The summed E-state index contributed by atoms with van der Waals surface area (Å²) in [6.07, 6.45) is -5.43. The first kappa shape index (κ1) is 18.5. The van der Waals surface area contributed by atoms with Crippen LogP contribution in [0.2, 0.25) is 0 Å². The Hall–Kier alpha value is -0.530. The number of hydrogen-bond donors (Lipinski definition) is 1. The van der Waals surface area contributed by atoms with E-state index in [0.29, 0.717) is 0 Å². The molecule has 0 saturated carbocycles. The van der Waals surface area contributed by atoms with Crippen LogP contribution in [0, 0.1) is 3.57 Å². The zero-order chi connectivity index (χ0) is 15.3. The highest BCUT2D eigenvalue weighted by molar-refractivity contribution is 7.79. The zero-order valence-electron chi connectivity index (χ0n) is 8.73. The lowest BCUT2D eigenvalue weighted by molar-refractivity contribution is -0.791. The van der Waals surface area contributed by atoms with E-state index in [4.69, 9.17) is 17.5 Å². The van der Waals surface area contributed by atoms with Gasteiger partial charge in [-0.25, -0.2) is 8.42 Å². The Labute approximate surface area is 115 Å². The molecule has 0 aliphatic carbocycles. The molecule has 1 aromatic carbocycles. The Morgan fingerprint density at radius 1 is 1.05 bits per heavy atom. The second kappa shape index (κ2) is 6.76. The number of halogens is 6. The molecular formula is C8H6F5IO4S. The average Bonchev–Trinajstić information content (AvgIpc) is 2.13. The third kappa shape index (κ3) is 9.07. The number of benzene rings is 1. The van der Waals surface area contributed by atoms with Crippen LogP contribution in [-0.2, 0) is 10.4 Å². The molecule has 1 N–H and O–H groups in total. The predicted octanol–water partition coefficient (Wildman–Crippen LogP) is -0.895. The van der Waals surface area contributed by atoms with Gasteiger partial charge in [-0.2, -0.15) is 13.2 Å². The van der Waals surface area contributed by atoms with E-state index < -0.39 is 41.7 Å². The molecule has 1 rings (SSSR count). The van der Waals surface area contributed by atoms with Gasteiger partial charge in [0.2, 0.25) is 10.4 Å². The summed E-state index contributed by atoms with van der Waals surface area (Å²) < 4.78 is 88.8. The topological polar surface area (TPSA) is 77.4 Å². The molecule has 0 aromatic heterocycles. The Kier molecular flexibility index (Phi) is 6.57. The van der Waals surface area contributed by atoms with Crippen molar-refractivity contribution in [2.45, 2.75) is 10.1 Å². The summed E-state index contributed by atoms with van der Waals surface area (Å²) in [5.74, 6) is 0. The van der Waals surface area contributed by atoms with Crippen LogP contribution in [0.3, 0.4) is 0 Å². The minimum Gasteiger partial charge on any atom is -0.726 e. The van der Waals surface area contributed by atoms with Crippen molar-refractivity contribution >= 4 is 10.4 Å². The number of rotatable bonds is 2. The van der Waals surface area contributed by atoms with Crippen molar-refractivity contribution in [3.05, 3.63) is 33.9 Å². The molecule has 1 aromatic rings. The maximum Gasteiger partial charge on any atom is 0.543 e. The van der Waals surface area contributed by atoms with E-state index in [2.05, 4.69) is 0 Å². The van der Waals surface area contributed by atoms with Gasteiger partial charge < -0.3 is 4.55 Å². The molecule has 0 unspecified atom stereocenters. The van der Waals surface area contributed by atoms with Crippen molar-refractivity contribution in [2.75, 3.05) is 0 Å². The Bertz CT molecular complexity index is 480. The summed E-state index contributed by atoms with van der Waals surface area (Å²) in [6, 6.07) is 7.03. The number of alkyl halides is 6. The summed E-state index contributed by atoms with van der Waals surface area (Å²) >= 11 is -2.37. The van der Waals surface area contributed by atoms with E-state index in [1.54, 1.807) is 6.07 Å². The van der Waals surface area contributed by atoms with Crippen LogP contribution in [0.25, 0.3) is 0 Å². The molecule has 0 atom stereocenters. The third-order valence-corrected chi connectivity index (χ3v) is 3.91. The largest absolute Gasteiger partial charge is 0.726 e. The van der Waals surface area contributed by atoms with Crippen LogP contribution in [-0.4, -0.2) is 27.6 Å². The fourth-order valence-corrected chi connectivity index (χ4v) is 2.53. The molecule has 0 heterocycles. The van der Waals surface area contributed by atoms with Gasteiger partial charge in [0.25, 0.3) is 0 Å². The molecule has 0 spiro atoms. The quantitative estimate of drug-likeness (QED) is 0.222. The molecule has 11 heteroatoms. The Morgan fingerprint density at radius 3 is 1.74 bits per heavy atom. The van der Waals surface area contributed by atoms with E-state index in [1.807, 2.05) is 0 Å². The van der Waals surface area contributed by atoms with Gasteiger partial charge in [0.05, 0.1) is 0 Å². The normalized spacial score (nSPS) is 12.6. The Morgan fingerprint density at radius 2 is 1.42 bits per heavy atom. The first-order valence-electron chi connectivity index (χ1n) is 4.17. The van der Waals surface area contributed by atoms with Gasteiger partial charge >= 0.3 is 31.3 Å². The van der Waals surface area contributed by atoms with Crippen molar-refractivity contribution in [1.29, 1.82) is 0 Å². The van der Waals surface area contributed by atoms with Gasteiger partial charge in [-0.1, -0.05) is 18.2 Å². The van der Waals surface area contributed by atoms with E-state index in [9.17, 15) is 22.0 Å².